The van der Waals surface area contributed by atoms with Gasteiger partial charge in [0.05, 0.1) is 5.69 Å². The Hall–Kier alpha value is -3.58. The largest absolute Gasteiger partial charge is 0.256 e. The molecule has 0 aliphatic heterocycles. The molecule has 3 aromatic carbocycles. The van der Waals surface area contributed by atoms with Crippen molar-refractivity contribution in [2.45, 2.75) is 32.6 Å². The molecule has 4 rings (SSSR count). The molecule has 0 bridgehead atoms. The minimum absolute atomic E-state index is 0.0303. The van der Waals surface area contributed by atoms with Gasteiger partial charge in [0, 0.05) is 28.3 Å². The van der Waals surface area contributed by atoms with Gasteiger partial charge >= 0.3 is 0 Å². The first-order valence-corrected chi connectivity index (χ1v) is 10.7. The first kappa shape index (κ1) is 21.6. The number of aryl methyl sites for hydroxylation is 1. The van der Waals surface area contributed by atoms with Crippen LogP contribution in [0.15, 0.2) is 66.9 Å². The second-order valence-corrected chi connectivity index (χ2v) is 7.76. The van der Waals surface area contributed by atoms with Crippen molar-refractivity contribution in [2.75, 3.05) is 0 Å². The van der Waals surface area contributed by atoms with Crippen LogP contribution in [-0.2, 0) is 6.42 Å². The van der Waals surface area contributed by atoms with E-state index in [1.807, 2.05) is 36.5 Å². The van der Waals surface area contributed by atoms with Gasteiger partial charge < -0.3 is 0 Å². The number of nitrogens with zero attached hydrogens (tertiary/aromatic N) is 1. The molecule has 1 aromatic heterocycles. The predicted molar refractivity (Wildman–Crippen MR) is 123 cm³/mol. The minimum Gasteiger partial charge on any atom is -0.256 e. The molecule has 0 N–H and O–H groups in total. The molecule has 0 fully saturated rings. The summed E-state index contributed by atoms with van der Waals surface area (Å²) in [6.45, 7) is 2.20. The van der Waals surface area contributed by atoms with Crippen molar-refractivity contribution in [1.82, 2.24) is 4.98 Å². The van der Waals surface area contributed by atoms with Crippen molar-refractivity contribution < 1.29 is 13.2 Å². The second kappa shape index (κ2) is 9.70. The molecule has 32 heavy (non-hydrogen) atoms. The average Bonchev–Trinajstić information content (AvgIpc) is 2.82. The fourth-order valence-electron chi connectivity index (χ4n) is 3.57. The van der Waals surface area contributed by atoms with Crippen molar-refractivity contribution >= 4 is 10.8 Å². The Labute approximate surface area is 185 Å². The molecule has 4 heteroatoms. The number of benzene rings is 3. The maximum Gasteiger partial charge on any atom is 0.195 e. The van der Waals surface area contributed by atoms with Crippen molar-refractivity contribution in [2.24, 2.45) is 0 Å². The van der Waals surface area contributed by atoms with Crippen LogP contribution < -0.4 is 0 Å². The summed E-state index contributed by atoms with van der Waals surface area (Å²) in [6.07, 6.45) is 6.62. The zero-order valence-corrected chi connectivity index (χ0v) is 17.8. The van der Waals surface area contributed by atoms with E-state index >= 15 is 0 Å². The molecule has 1 heterocycles. The Morgan fingerprint density at radius 2 is 1.53 bits per heavy atom. The van der Waals surface area contributed by atoms with E-state index in [0.717, 1.165) is 29.3 Å². The molecule has 0 saturated carbocycles. The van der Waals surface area contributed by atoms with E-state index in [9.17, 15) is 13.2 Å². The summed E-state index contributed by atoms with van der Waals surface area (Å²) in [5, 5.41) is 0.301. The molecule has 0 amide bonds. The quantitative estimate of drug-likeness (QED) is 0.182. The molecule has 4 aromatic rings. The maximum absolute atomic E-state index is 13.9. The Morgan fingerprint density at radius 1 is 0.781 bits per heavy atom. The zero-order chi connectivity index (χ0) is 22.5. The van der Waals surface area contributed by atoms with Gasteiger partial charge in [-0.15, -0.1) is 0 Å². The minimum atomic E-state index is -1.46. The van der Waals surface area contributed by atoms with Crippen LogP contribution in [0.5, 0.6) is 0 Å². The molecule has 0 saturated heterocycles. The third-order valence-corrected chi connectivity index (χ3v) is 5.40. The molecular formula is C28H22F3N. The molecule has 0 aliphatic carbocycles. The lowest BCUT2D eigenvalue weighted by Gasteiger charge is -2.04. The Kier molecular flexibility index (Phi) is 6.56. The normalized spacial score (nSPS) is 10.8. The van der Waals surface area contributed by atoms with Gasteiger partial charge in [0.25, 0.3) is 0 Å². The van der Waals surface area contributed by atoms with Crippen LogP contribution in [-0.4, -0.2) is 4.98 Å². The summed E-state index contributed by atoms with van der Waals surface area (Å²) in [4.78, 5) is 4.58. The fourth-order valence-corrected chi connectivity index (χ4v) is 3.57. The standard InChI is InChI=1S/C28H22F3N/c1-2-3-4-5-21-11-15-26(32-18-21)22-12-8-19(9-13-22)6-7-20-10-14-24-23(16-20)17-25(29)28(31)27(24)30/h8-18H,2-5H2,1H3. The highest BCUT2D eigenvalue weighted by atomic mass is 19.2. The van der Waals surface area contributed by atoms with Gasteiger partial charge in [0.2, 0.25) is 0 Å². The monoisotopic (exact) mass is 429 g/mol. The van der Waals surface area contributed by atoms with Gasteiger partial charge in [-0.3, -0.25) is 4.98 Å². The van der Waals surface area contributed by atoms with Gasteiger partial charge in [-0.2, -0.15) is 0 Å². The predicted octanol–water partition coefficient (Wildman–Crippen LogP) is 7.45. The van der Waals surface area contributed by atoms with E-state index in [-0.39, 0.29) is 10.8 Å². The van der Waals surface area contributed by atoms with E-state index in [0.29, 0.717) is 5.56 Å². The molecule has 1 nitrogen and oxygen atoms in total. The number of pyridine rings is 1. The third-order valence-electron chi connectivity index (χ3n) is 5.40. The summed E-state index contributed by atoms with van der Waals surface area (Å²) in [5.41, 5.74) is 4.57. The summed E-state index contributed by atoms with van der Waals surface area (Å²) < 4.78 is 40.7. The maximum atomic E-state index is 13.9. The Bertz CT molecular complexity index is 1300. The highest BCUT2D eigenvalue weighted by Crippen LogP contribution is 2.24. The summed E-state index contributed by atoms with van der Waals surface area (Å²) >= 11 is 0. The summed E-state index contributed by atoms with van der Waals surface area (Å²) in [5.74, 6) is 2.19. The zero-order valence-electron chi connectivity index (χ0n) is 17.8. The van der Waals surface area contributed by atoms with Crippen LogP contribution in [0.4, 0.5) is 13.2 Å². The first-order chi connectivity index (χ1) is 15.5. The number of aromatic nitrogens is 1. The number of hydrogen-bond acceptors (Lipinski definition) is 1. The molecule has 0 spiro atoms. The second-order valence-electron chi connectivity index (χ2n) is 7.76. The van der Waals surface area contributed by atoms with Crippen molar-refractivity contribution in [1.29, 1.82) is 0 Å². The lowest BCUT2D eigenvalue weighted by Crippen LogP contribution is -1.92. The fraction of sp³-hybridized carbons (Fsp3) is 0.179. The first-order valence-electron chi connectivity index (χ1n) is 10.7. The van der Waals surface area contributed by atoms with E-state index in [1.54, 1.807) is 12.1 Å². The van der Waals surface area contributed by atoms with Gasteiger partial charge in [0.1, 0.15) is 0 Å². The van der Waals surface area contributed by atoms with Crippen molar-refractivity contribution in [3.63, 3.8) is 0 Å². The lowest BCUT2D eigenvalue weighted by molar-refractivity contribution is 0.453. The van der Waals surface area contributed by atoms with E-state index in [1.165, 1.54) is 30.9 Å². The Balaban J connectivity index is 1.49. The number of unbranched alkanes of at least 4 members (excludes halogenated alkanes) is 2. The highest BCUT2D eigenvalue weighted by Gasteiger charge is 2.13. The van der Waals surface area contributed by atoms with Crippen LogP contribution >= 0.6 is 0 Å². The molecule has 0 atom stereocenters. The van der Waals surface area contributed by atoms with Gasteiger partial charge in [-0.1, -0.05) is 55.9 Å². The van der Waals surface area contributed by atoms with Gasteiger partial charge in [0.15, 0.2) is 17.5 Å². The van der Waals surface area contributed by atoms with Crippen LogP contribution in [0.25, 0.3) is 22.0 Å². The number of fused-ring (bicyclic) bond motifs is 1. The average molecular weight is 429 g/mol. The molecule has 160 valence electrons. The number of hydrogen-bond donors (Lipinski definition) is 0. The molecule has 0 unspecified atom stereocenters. The van der Waals surface area contributed by atoms with Crippen molar-refractivity contribution in [3.05, 3.63) is 101 Å². The van der Waals surface area contributed by atoms with Crippen LogP contribution in [0, 0.1) is 29.3 Å². The highest BCUT2D eigenvalue weighted by molar-refractivity contribution is 5.84. The van der Waals surface area contributed by atoms with E-state index in [4.69, 9.17) is 0 Å². The third kappa shape index (κ3) is 4.84. The SMILES string of the molecule is CCCCCc1ccc(-c2ccc(C#Cc3ccc4c(F)c(F)c(F)cc4c3)cc2)nc1. The summed E-state index contributed by atoms with van der Waals surface area (Å²) in [6, 6.07) is 17.5. The summed E-state index contributed by atoms with van der Waals surface area (Å²) in [7, 11) is 0. The molecule has 0 radical (unpaired) electrons. The van der Waals surface area contributed by atoms with E-state index in [2.05, 4.69) is 29.8 Å². The van der Waals surface area contributed by atoms with E-state index < -0.39 is 17.5 Å². The van der Waals surface area contributed by atoms with Crippen LogP contribution in [0.1, 0.15) is 42.9 Å². The Morgan fingerprint density at radius 3 is 2.25 bits per heavy atom. The van der Waals surface area contributed by atoms with Gasteiger partial charge in [-0.05, 0) is 60.2 Å². The topological polar surface area (TPSA) is 12.9 Å². The molecular weight excluding hydrogens is 407 g/mol. The smallest absolute Gasteiger partial charge is 0.195 e. The number of halogens is 3. The van der Waals surface area contributed by atoms with Crippen molar-refractivity contribution in [3.8, 4) is 23.1 Å². The van der Waals surface area contributed by atoms with Crippen LogP contribution in [0.3, 0.4) is 0 Å². The number of rotatable bonds is 5. The van der Waals surface area contributed by atoms with Crippen LogP contribution in [0.2, 0.25) is 0 Å². The lowest BCUT2D eigenvalue weighted by atomic mass is 10.0. The molecule has 0 aliphatic rings. The van der Waals surface area contributed by atoms with Gasteiger partial charge in [-0.25, -0.2) is 13.2 Å².